The van der Waals surface area contributed by atoms with Gasteiger partial charge in [-0.2, -0.15) is 0 Å². The van der Waals surface area contributed by atoms with Gasteiger partial charge in [0.1, 0.15) is 5.82 Å². The van der Waals surface area contributed by atoms with Crippen molar-refractivity contribution < 1.29 is 9.53 Å². The minimum Gasteiger partial charge on any atom is -0.383 e. The lowest BCUT2D eigenvalue weighted by Gasteiger charge is -2.08. The van der Waals surface area contributed by atoms with E-state index >= 15 is 0 Å². The van der Waals surface area contributed by atoms with Crippen LogP contribution in [0.3, 0.4) is 0 Å². The van der Waals surface area contributed by atoms with Crippen LogP contribution in [0.1, 0.15) is 10.4 Å². The molecule has 18 heavy (non-hydrogen) atoms. The maximum Gasteiger partial charge on any atom is 0.253 e. The van der Waals surface area contributed by atoms with Crippen molar-refractivity contribution in [2.45, 2.75) is 0 Å². The minimum atomic E-state index is -0.171. The molecular weight excluding hydrogens is 230 g/mol. The highest BCUT2D eigenvalue weighted by atomic mass is 16.5. The number of carbonyl (C=O) groups is 1. The first-order valence-electron chi connectivity index (χ1n) is 5.64. The Morgan fingerprint density at radius 2 is 2.11 bits per heavy atom. The molecule has 2 rings (SSSR count). The van der Waals surface area contributed by atoms with E-state index in [9.17, 15) is 4.79 Å². The van der Waals surface area contributed by atoms with Gasteiger partial charge in [-0.05, 0) is 5.39 Å². The minimum absolute atomic E-state index is 0.171. The van der Waals surface area contributed by atoms with E-state index < -0.39 is 0 Å². The Balaban J connectivity index is 2.33. The molecule has 5 heteroatoms. The average Bonchev–Trinajstić information content (AvgIpc) is 2.39. The average molecular weight is 245 g/mol. The van der Waals surface area contributed by atoms with Crippen molar-refractivity contribution in [3.05, 3.63) is 36.0 Å². The molecule has 1 heterocycles. The molecule has 0 radical (unpaired) electrons. The van der Waals surface area contributed by atoms with E-state index in [1.165, 1.54) is 6.20 Å². The number of rotatable bonds is 4. The Bertz CT molecular complexity index is 569. The zero-order valence-electron chi connectivity index (χ0n) is 10.1. The molecule has 0 saturated carbocycles. The smallest absolute Gasteiger partial charge is 0.253 e. The molecule has 0 unspecified atom stereocenters. The highest BCUT2D eigenvalue weighted by Crippen LogP contribution is 2.22. The Labute approximate surface area is 105 Å². The number of hydrogen-bond acceptors (Lipinski definition) is 4. The van der Waals surface area contributed by atoms with Crippen LogP contribution in [0.15, 0.2) is 30.5 Å². The van der Waals surface area contributed by atoms with E-state index in [2.05, 4.69) is 10.3 Å². The van der Waals surface area contributed by atoms with Gasteiger partial charge in [0, 0.05) is 25.2 Å². The maximum absolute atomic E-state index is 12.0. The number of nitrogens with two attached hydrogens (primary N) is 1. The van der Waals surface area contributed by atoms with Gasteiger partial charge < -0.3 is 15.8 Å². The number of nitrogen functional groups attached to an aromatic ring is 1. The quantitative estimate of drug-likeness (QED) is 0.793. The zero-order valence-corrected chi connectivity index (χ0v) is 10.1. The topological polar surface area (TPSA) is 77.2 Å². The molecule has 0 spiro atoms. The molecule has 0 saturated heterocycles. The molecule has 5 nitrogen and oxygen atoms in total. The van der Waals surface area contributed by atoms with Crippen LogP contribution in [0.2, 0.25) is 0 Å². The standard InChI is InChI=1S/C13H15N3O2/c1-18-7-6-15-13(17)11-8-16-12(14)10-5-3-2-4-9(10)11/h2-5,8H,6-7H2,1H3,(H2,14,16)(H,15,17). The van der Waals surface area contributed by atoms with Gasteiger partial charge in [-0.15, -0.1) is 0 Å². The predicted molar refractivity (Wildman–Crippen MR) is 70.4 cm³/mol. The second-order valence-electron chi connectivity index (χ2n) is 3.85. The normalized spacial score (nSPS) is 10.5. The van der Waals surface area contributed by atoms with Gasteiger partial charge in [-0.1, -0.05) is 24.3 Å². The van der Waals surface area contributed by atoms with Gasteiger partial charge in [0.25, 0.3) is 5.91 Å². The molecule has 0 aliphatic rings. The van der Waals surface area contributed by atoms with Gasteiger partial charge >= 0.3 is 0 Å². The molecule has 0 atom stereocenters. The lowest BCUT2D eigenvalue weighted by Crippen LogP contribution is -2.27. The number of methoxy groups -OCH3 is 1. The van der Waals surface area contributed by atoms with E-state index in [1.807, 2.05) is 24.3 Å². The van der Waals surface area contributed by atoms with E-state index in [4.69, 9.17) is 10.5 Å². The molecule has 94 valence electrons. The Kier molecular flexibility index (Phi) is 3.74. The number of aromatic nitrogens is 1. The van der Waals surface area contributed by atoms with Crippen LogP contribution >= 0.6 is 0 Å². The number of carbonyl (C=O) groups excluding carboxylic acids is 1. The zero-order chi connectivity index (χ0) is 13.0. The monoisotopic (exact) mass is 245 g/mol. The van der Waals surface area contributed by atoms with Gasteiger partial charge in [-0.25, -0.2) is 4.98 Å². The number of pyridine rings is 1. The molecule has 3 N–H and O–H groups in total. The molecule has 1 amide bonds. The number of benzene rings is 1. The second-order valence-corrected chi connectivity index (χ2v) is 3.85. The molecule has 0 fully saturated rings. The number of ether oxygens (including phenoxy) is 1. The molecule has 1 aromatic heterocycles. The third-order valence-corrected chi connectivity index (χ3v) is 2.66. The van der Waals surface area contributed by atoms with Crippen LogP contribution in [-0.4, -0.2) is 31.2 Å². The Hall–Kier alpha value is -2.14. The molecular formula is C13H15N3O2. The first kappa shape index (κ1) is 12.3. The van der Waals surface area contributed by atoms with Crippen molar-refractivity contribution in [3.63, 3.8) is 0 Å². The fraction of sp³-hybridized carbons (Fsp3) is 0.231. The summed E-state index contributed by atoms with van der Waals surface area (Å²) in [6.07, 6.45) is 1.50. The lowest BCUT2D eigenvalue weighted by molar-refractivity contribution is 0.0938. The number of fused-ring (bicyclic) bond motifs is 1. The Morgan fingerprint density at radius 3 is 2.83 bits per heavy atom. The summed E-state index contributed by atoms with van der Waals surface area (Å²) in [7, 11) is 1.59. The maximum atomic E-state index is 12.0. The fourth-order valence-electron chi connectivity index (χ4n) is 1.76. The van der Waals surface area contributed by atoms with Crippen LogP contribution in [-0.2, 0) is 4.74 Å². The molecule has 1 aromatic carbocycles. The summed E-state index contributed by atoms with van der Waals surface area (Å²) in [5, 5.41) is 4.36. The van der Waals surface area contributed by atoms with Crippen molar-refractivity contribution in [3.8, 4) is 0 Å². The fourth-order valence-corrected chi connectivity index (χ4v) is 1.76. The highest BCUT2D eigenvalue weighted by Gasteiger charge is 2.11. The number of amides is 1. The summed E-state index contributed by atoms with van der Waals surface area (Å²) in [6.45, 7) is 0.945. The van der Waals surface area contributed by atoms with E-state index in [0.717, 1.165) is 10.8 Å². The summed E-state index contributed by atoms with van der Waals surface area (Å²) in [5.74, 6) is 0.259. The Morgan fingerprint density at radius 1 is 1.39 bits per heavy atom. The third kappa shape index (κ3) is 2.41. The van der Waals surface area contributed by atoms with Crippen molar-refractivity contribution in [1.29, 1.82) is 0 Å². The summed E-state index contributed by atoms with van der Waals surface area (Å²) in [4.78, 5) is 16.0. The largest absolute Gasteiger partial charge is 0.383 e. The van der Waals surface area contributed by atoms with Gasteiger partial charge in [0.05, 0.1) is 12.2 Å². The summed E-state index contributed by atoms with van der Waals surface area (Å²) >= 11 is 0. The number of nitrogens with zero attached hydrogens (tertiary/aromatic N) is 1. The molecule has 0 aliphatic heterocycles. The highest BCUT2D eigenvalue weighted by molar-refractivity contribution is 6.08. The van der Waals surface area contributed by atoms with Crippen LogP contribution < -0.4 is 11.1 Å². The van der Waals surface area contributed by atoms with Gasteiger partial charge in [0.15, 0.2) is 0 Å². The van der Waals surface area contributed by atoms with E-state index in [0.29, 0.717) is 24.5 Å². The first-order valence-corrected chi connectivity index (χ1v) is 5.64. The second kappa shape index (κ2) is 5.46. The summed E-state index contributed by atoms with van der Waals surface area (Å²) in [5.41, 5.74) is 6.31. The van der Waals surface area contributed by atoms with E-state index in [1.54, 1.807) is 7.11 Å². The number of anilines is 1. The van der Waals surface area contributed by atoms with Crippen molar-refractivity contribution in [2.24, 2.45) is 0 Å². The van der Waals surface area contributed by atoms with E-state index in [-0.39, 0.29) is 5.91 Å². The van der Waals surface area contributed by atoms with Crippen LogP contribution in [0.25, 0.3) is 10.8 Å². The number of nitrogens with one attached hydrogen (secondary N) is 1. The van der Waals surface area contributed by atoms with Gasteiger partial charge in [0.2, 0.25) is 0 Å². The van der Waals surface area contributed by atoms with Crippen LogP contribution in [0.4, 0.5) is 5.82 Å². The lowest BCUT2D eigenvalue weighted by atomic mass is 10.1. The molecule has 0 bridgehead atoms. The van der Waals surface area contributed by atoms with Crippen molar-refractivity contribution in [2.75, 3.05) is 26.0 Å². The van der Waals surface area contributed by atoms with Crippen molar-refractivity contribution in [1.82, 2.24) is 10.3 Å². The number of hydrogen-bond donors (Lipinski definition) is 2. The predicted octanol–water partition coefficient (Wildman–Crippen LogP) is 1.19. The van der Waals surface area contributed by atoms with Gasteiger partial charge in [-0.3, -0.25) is 4.79 Å². The van der Waals surface area contributed by atoms with Crippen LogP contribution in [0, 0.1) is 0 Å². The molecule has 2 aromatic rings. The summed E-state index contributed by atoms with van der Waals surface area (Å²) in [6, 6.07) is 7.45. The first-order chi connectivity index (χ1) is 8.74. The SMILES string of the molecule is COCCNC(=O)c1cnc(N)c2ccccc12. The molecule has 0 aliphatic carbocycles. The van der Waals surface area contributed by atoms with Crippen molar-refractivity contribution >= 4 is 22.5 Å². The summed E-state index contributed by atoms with van der Waals surface area (Å²) < 4.78 is 4.88. The van der Waals surface area contributed by atoms with Crippen LogP contribution in [0.5, 0.6) is 0 Å². The third-order valence-electron chi connectivity index (χ3n) is 2.66.